The predicted octanol–water partition coefficient (Wildman–Crippen LogP) is 1.42. The van der Waals surface area contributed by atoms with Gasteiger partial charge in [-0.1, -0.05) is 18.2 Å². The number of nitrogens with zero attached hydrogens (tertiary/aromatic N) is 1. The molecule has 2 aromatic rings. The molecule has 1 saturated heterocycles. The Morgan fingerprint density at radius 3 is 2.91 bits per heavy atom. The quantitative estimate of drug-likeness (QED) is 0.828. The van der Waals surface area contributed by atoms with Crippen LogP contribution < -0.4 is 5.32 Å². The highest BCUT2D eigenvalue weighted by molar-refractivity contribution is 7.91. The molecule has 0 bridgehead atoms. The van der Waals surface area contributed by atoms with Gasteiger partial charge < -0.3 is 15.2 Å². The number of urea groups is 1. The summed E-state index contributed by atoms with van der Waals surface area (Å²) >= 11 is 0. The van der Waals surface area contributed by atoms with E-state index in [2.05, 4.69) is 16.4 Å². The second kappa shape index (κ2) is 5.26. The van der Waals surface area contributed by atoms with Crippen molar-refractivity contribution < 1.29 is 13.2 Å². The Balaban J connectivity index is 1.50. The predicted molar refractivity (Wildman–Crippen MR) is 88.0 cm³/mol. The summed E-state index contributed by atoms with van der Waals surface area (Å²) in [7, 11) is -2.98. The number of hydrogen-bond acceptors (Lipinski definition) is 3. The molecule has 2 aliphatic rings. The summed E-state index contributed by atoms with van der Waals surface area (Å²) in [6.45, 7) is 1.20. The summed E-state index contributed by atoms with van der Waals surface area (Å²) in [6, 6.07) is 7.69. The fourth-order valence-electron chi connectivity index (χ4n) is 3.51. The van der Waals surface area contributed by atoms with Crippen molar-refractivity contribution in [3.05, 3.63) is 35.5 Å². The Kier molecular flexibility index (Phi) is 3.33. The molecule has 0 saturated carbocycles. The van der Waals surface area contributed by atoms with Crippen LogP contribution in [0.5, 0.6) is 0 Å². The molecule has 1 unspecified atom stereocenters. The summed E-state index contributed by atoms with van der Waals surface area (Å²) in [6.07, 6.45) is 1.31. The molecule has 2 N–H and O–H groups in total. The maximum Gasteiger partial charge on any atom is 0.317 e. The number of aromatic nitrogens is 1. The summed E-state index contributed by atoms with van der Waals surface area (Å²) in [5.41, 5.74) is 3.46. The van der Waals surface area contributed by atoms with Crippen LogP contribution in [-0.4, -0.2) is 48.4 Å². The molecule has 23 heavy (non-hydrogen) atoms. The third kappa shape index (κ3) is 2.69. The van der Waals surface area contributed by atoms with E-state index >= 15 is 0 Å². The van der Waals surface area contributed by atoms with Crippen molar-refractivity contribution in [2.45, 2.75) is 25.4 Å². The van der Waals surface area contributed by atoms with Crippen molar-refractivity contribution in [1.82, 2.24) is 15.2 Å². The summed E-state index contributed by atoms with van der Waals surface area (Å²) in [5.74, 6) is 0.232. The molecular formula is C16H19N3O3S. The fourth-order valence-corrected chi connectivity index (χ4v) is 5.19. The highest BCUT2D eigenvalue weighted by atomic mass is 32.2. The standard InChI is InChI=1S/C16H19N3O3S/c20-16(17-11-6-8-23(21,22)10-11)19-7-5-15-13(9-19)12-3-1-2-4-14(12)18-15/h1-4,11,18H,5-10H2,(H,17,20). The molecule has 2 amide bonds. The monoisotopic (exact) mass is 333 g/mol. The topological polar surface area (TPSA) is 82.3 Å². The van der Waals surface area contributed by atoms with E-state index in [1.54, 1.807) is 4.90 Å². The zero-order valence-corrected chi connectivity index (χ0v) is 13.5. The van der Waals surface area contributed by atoms with Crippen molar-refractivity contribution in [3.8, 4) is 0 Å². The SMILES string of the molecule is O=C(NC1CCS(=O)(=O)C1)N1CCc2[nH]c3ccccc3c2C1. The van der Waals surface area contributed by atoms with Crippen LogP contribution in [0.15, 0.2) is 24.3 Å². The Bertz CT molecular complexity index is 872. The molecule has 0 spiro atoms. The minimum Gasteiger partial charge on any atom is -0.358 e. The molecule has 6 nitrogen and oxygen atoms in total. The smallest absolute Gasteiger partial charge is 0.317 e. The van der Waals surface area contributed by atoms with E-state index in [1.165, 1.54) is 11.3 Å². The zero-order valence-electron chi connectivity index (χ0n) is 12.7. The molecule has 0 radical (unpaired) electrons. The average Bonchev–Trinajstić information content (AvgIpc) is 3.06. The van der Waals surface area contributed by atoms with Gasteiger partial charge in [0.15, 0.2) is 9.84 Å². The van der Waals surface area contributed by atoms with Crippen LogP contribution in [-0.2, 0) is 22.8 Å². The van der Waals surface area contributed by atoms with Gasteiger partial charge in [-0.15, -0.1) is 0 Å². The number of carbonyl (C=O) groups excluding carboxylic acids is 1. The van der Waals surface area contributed by atoms with Gasteiger partial charge in [0.25, 0.3) is 0 Å². The first-order chi connectivity index (χ1) is 11.0. The summed E-state index contributed by atoms with van der Waals surface area (Å²) in [4.78, 5) is 17.6. The number of para-hydroxylation sites is 1. The lowest BCUT2D eigenvalue weighted by Gasteiger charge is -2.28. The summed E-state index contributed by atoms with van der Waals surface area (Å²) < 4.78 is 23.0. The minimum absolute atomic E-state index is 0.0604. The van der Waals surface area contributed by atoms with Crippen LogP contribution in [0.4, 0.5) is 4.79 Å². The van der Waals surface area contributed by atoms with Gasteiger partial charge in [-0.25, -0.2) is 13.2 Å². The first-order valence-corrected chi connectivity index (χ1v) is 9.68. The molecule has 0 aliphatic carbocycles. The van der Waals surface area contributed by atoms with Gasteiger partial charge in [0, 0.05) is 47.7 Å². The van der Waals surface area contributed by atoms with Gasteiger partial charge in [0.1, 0.15) is 0 Å². The molecule has 1 fully saturated rings. The Hall–Kier alpha value is -2.02. The number of benzene rings is 1. The number of nitrogens with one attached hydrogen (secondary N) is 2. The van der Waals surface area contributed by atoms with Gasteiger partial charge in [-0.2, -0.15) is 0 Å². The van der Waals surface area contributed by atoms with Crippen LogP contribution in [0, 0.1) is 0 Å². The summed E-state index contributed by atoms with van der Waals surface area (Å²) in [5, 5.41) is 4.03. The van der Waals surface area contributed by atoms with E-state index in [0.29, 0.717) is 19.5 Å². The van der Waals surface area contributed by atoms with E-state index in [9.17, 15) is 13.2 Å². The number of carbonyl (C=O) groups is 1. The number of sulfone groups is 1. The van der Waals surface area contributed by atoms with Gasteiger partial charge >= 0.3 is 6.03 Å². The Morgan fingerprint density at radius 2 is 2.13 bits per heavy atom. The van der Waals surface area contributed by atoms with Crippen LogP contribution in [0.25, 0.3) is 10.9 Å². The number of rotatable bonds is 1. The maximum absolute atomic E-state index is 12.4. The highest BCUT2D eigenvalue weighted by Crippen LogP contribution is 2.27. The largest absolute Gasteiger partial charge is 0.358 e. The third-order valence-corrected chi connectivity index (χ3v) is 6.50. The number of fused-ring (bicyclic) bond motifs is 3. The van der Waals surface area contributed by atoms with Gasteiger partial charge in [0.2, 0.25) is 0 Å². The minimum atomic E-state index is -2.98. The van der Waals surface area contributed by atoms with Gasteiger partial charge in [0.05, 0.1) is 11.5 Å². The Morgan fingerprint density at radius 1 is 1.30 bits per heavy atom. The number of hydrogen-bond donors (Lipinski definition) is 2. The van der Waals surface area contributed by atoms with E-state index in [-0.39, 0.29) is 23.6 Å². The van der Waals surface area contributed by atoms with Crippen LogP contribution >= 0.6 is 0 Å². The molecule has 1 aromatic heterocycles. The molecule has 4 rings (SSSR count). The highest BCUT2D eigenvalue weighted by Gasteiger charge is 2.31. The lowest BCUT2D eigenvalue weighted by Crippen LogP contribution is -2.47. The van der Waals surface area contributed by atoms with E-state index in [1.807, 2.05) is 18.2 Å². The lowest BCUT2D eigenvalue weighted by molar-refractivity contribution is 0.189. The molecule has 3 heterocycles. The first-order valence-electron chi connectivity index (χ1n) is 7.86. The normalized spacial score (nSPS) is 23.0. The van der Waals surface area contributed by atoms with Crippen LogP contribution in [0.3, 0.4) is 0 Å². The number of H-pyrrole nitrogens is 1. The second-order valence-corrected chi connectivity index (χ2v) is 8.58. The van der Waals surface area contributed by atoms with Crippen molar-refractivity contribution >= 4 is 26.8 Å². The van der Waals surface area contributed by atoms with Gasteiger partial charge in [-0.05, 0) is 12.5 Å². The number of amides is 2. The molecule has 122 valence electrons. The maximum atomic E-state index is 12.4. The van der Waals surface area contributed by atoms with E-state index in [4.69, 9.17) is 0 Å². The van der Waals surface area contributed by atoms with Crippen molar-refractivity contribution in [3.63, 3.8) is 0 Å². The van der Waals surface area contributed by atoms with Crippen molar-refractivity contribution in [2.24, 2.45) is 0 Å². The van der Waals surface area contributed by atoms with Crippen LogP contribution in [0.1, 0.15) is 17.7 Å². The second-order valence-electron chi connectivity index (χ2n) is 6.35. The Labute approximate surface area is 134 Å². The molecule has 1 atom stereocenters. The lowest BCUT2D eigenvalue weighted by atomic mass is 10.0. The van der Waals surface area contributed by atoms with E-state index in [0.717, 1.165) is 17.3 Å². The fraction of sp³-hybridized carbons (Fsp3) is 0.438. The number of aromatic amines is 1. The molecule has 7 heteroatoms. The van der Waals surface area contributed by atoms with Crippen LogP contribution in [0.2, 0.25) is 0 Å². The van der Waals surface area contributed by atoms with Crippen molar-refractivity contribution in [1.29, 1.82) is 0 Å². The zero-order chi connectivity index (χ0) is 16.0. The average molecular weight is 333 g/mol. The van der Waals surface area contributed by atoms with E-state index < -0.39 is 9.84 Å². The van der Waals surface area contributed by atoms with Crippen molar-refractivity contribution in [2.75, 3.05) is 18.1 Å². The third-order valence-electron chi connectivity index (χ3n) is 4.73. The molecule has 2 aliphatic heterocycles. The van der Waals surface area contributed by atoms with Gasteiger partial charge in [-0.3, -0.25) is 0 Å². The molecular weight excluding hydrogens is 314 g/mol. The molecule has 1 aromatic carbocycles. The first kappa shape index (κ1) is 14.6.